The fourth-order valence-electron chi connectivity index (χ4n) is 2.92. The molecule has 1 aromatic heterocycles. The topological polar surface area (TPSA) is 79.4 Å². The van der Waals surface area contributed by atoms with Crippen molar-refractivity contribution in [1.29, 1.82) is 0 Å². The summed E-state index contributed by atoms with van der Waals surface area (Å²) >= 11 is 1.17. The molecule has 0 aliphatic rings. The summed E-state index contributed by atoms with van der Waals surface area (Å²) < 4.78 is 41.4. The zero-order valence-electron chi connectivity index (χ0n) is 16.2. The van der Waals surface area contributed by atoms with Crippen molar-refractivity contribution in [1.82, 2.24) is 9.29 Å². The molecule has 29 heavy (non-hydrogen) atoms. The van der Waals surface area contributed by atoms with Gasteiger partial charge in [0, 0.05) is 18.7 Å². The number of hydrogen-bond acceptors (Lipinski definition) is 5. The van der Waals surface area contributed by atoms with Crippen LogP contribution in [0, 0.1) is 5.82 Å². The molecule has 1 amide bonds. The van der Waals surface area contributed by atoms with Gasteiger partial charge < -0.3 is 0 Å². The summed E-state index contributed by atoms with van der Waals surface area (Å²) in [5, 5.41) is 2.96. The number of nitrogens with zero attached hydrogens (tertiary/aromatic N) is 2. The fourth-order valence-corrected chi connectivity index (χ4v) is 5.54. The molecule has 1 heterocycles. The van der Waals surface area contributed by atoms with Crippen molar-refractivity contribution in [2.45, 2.75) is 31.6 Å². The highest BCUT2D eigenvalue weighted by molar-refractivity contribution is 7.89. The van der Waals surface area contributed by atoms with E-state index in [0.717, 1.165) is 18.9 Å². The van der Waals surface area contributed by atoms with Gasteiger partial charge in [-0.25, -0.2) is 17.8 Å². The second kappa shape index (κ2) is 8.98. The first kappa shape index (κ1) is 21.4. The van der Waals surface area contributed by atoms with Gasteiger partial charge in [-0.3, -0.25) is 10.1 Å². The van der Waals surface area contributed by atoms with Gasteiger partial charge in [0.2, 0.25) is 10.0 Å². The molecule has 154 valence electrons. The molecule has 0 radical (unpaired) electrons. The van der Waals surface area contributed by atoms with E-state index in [1.165, 1.54) is 39.9 Å². The molecule has 0 aliphatic carbocycles. The average Bonchev–Trinajstić information content (AvgIpc) is 3.09. The number of hydrogen-bond donors (Lipinski definition) is 1. The van der Waals surface area contributed by atoms with Crippen LogP contribution < -0.4 is 5.32 Å². The van der Waals surface area contributed by atoms with E-state index in [1.54, 1.807) is 12.1 Å². The number of halogens is 1. The molecule has 3 rings (SSSR count). The smallest absolute Gasteiger partial charge is 0.257 e. The quantitative estimate of drug-likeness (QED) is 0.565. The molecule has 9 heteroatoms. The molecule has 0 saturated heterocycles. The minimum Gasteiger partial charge on any atom is -0.298 e. The standard InChI is InChI=1S/C20H22FN3O3S2/c1-3-10-24(11-4-2)29(26,27)16-8-9-17-18(13-16)28-20(22-17)23-19(25)14-6-5-7-15(21)12-14/h5-9,12-13H,3-4,10-11H2,1-2H3,(H,22,23,25). The summed E-state index contributed by atoms with van der Waals surface area (Å²) in [5.41, 5.74) is 0.767. The van der Waals surface area contributed by atoms with Crippen LogP contribution in [0.15, 0.2) is 47.4 Å². The molecule has 6 nitrogen and oxygen atoms in total. The molecular formula is C20H22FN3O3S2. The number of fused-ring (bicyclic) bond motifs is 1. The molecule has 0 fully saturated rings. The molecule has 0 unspecified atom stereocenters. The number of rotatable bonds is 8. The fraction of sp³-hybridized carbons (Fsp3) is 0.300. The summed E-state index contributed by atoms with van der Waals surface area (Å²) in [6, 6.07) is 10.1. The Morgan fingerprint density at radius 3 is 2.52 bits per heavy atom. The number of anilines is 1. The highest BCUT2D eigenvalue weighted by Gasteiger charge is 2.24. The zero-order chi connectivity index (χ0) is 21.0. The van der Waals surface area contributed by atoms with Crippen LogP contribution in [0.3, 0.4) is 0 Å². The molecule has 1 N–H and O–H groups in total. The van der Waals surface area contributed by atoms with E-state index >= 15 is 0 Å². The van der Waals surface area contributed by atoms with Crippen LogP contribution in [0.5, 0.6) is 0 Å². The molecule has 0 saturated carbocycles. The molecule has 0 aliphatic heterocycles. The Labute approximate surface area is 173 Å². The van der Waals surface area contributed by atoms with Gasteiger partial charge in [0.25, 0.3) is 5.91 Å². The Balaban J connectivity index is 1.87. The number of aromatic nitrogens is 1. The summed E-state index contributed by atoms with van der Waals surface area (Å²) in [6.07, 6.45) is 1.47. The Morgan fingerprint density at radius 2 is 1.86 bits per heavy atom. The number of benzene rings is 2. The van der Waals surface area contributed by atoms with Crippen molar-refractivity contribution in [2.75, 3.05) is 18.4 Å². The third kappa shape index (κ3) is 4.80. The van der Waals surface area contributed by atoms with E-state index in [1.807, 2.05) is 13.8 Å². The molecular weight excluding hydrogens is 413 g/mol. The highest BCUT2D eigenvalue weighted by atomic mass is 32.2. The van der Waals surface area contributed by atoms with Crippen molar-refractivity contribution >= 4 is 42.6 Å². The first-order valence-electron chi connectivity index (χ1n) is 9.32. The molecule has 2 aromatic carbocycles. The first-order valence-corrected chi connectivity index (χ1v) is 11.6. The number of amides is 1. The van der Waals surface area contributed by atoms with Crippen LogP contribution in [0.1, 0.15) is 37.0 Å². The highest BCUT2D eigenvalue weighted by Crippen LogP contribution is 2.29. The van der Waals surface area contributed by atoms with Crippen LogP contribution in [0.25, 0.3) is 10.2 Å². The van der Waals surface area contributed by atoms with Crippen LogP contribution in [0.4, 0.5) is 9.52 Å². The molecule has 0 atom stereocenters. The summed E-state index contributed by atoms with van der Waals surface area (Å²) in [7, 11) is -3.60. The number of nitrogens with one attached hydrogen (secondary N) is 1. The maximum absolute atomic E-state index is 13.3. The molecule has 0 spiro atoms. The monoisotopic (exact) mass is 435 g/mol. The van der Waals surface area contributed by atoms with Crippen LogP contribution >= 0.6 is 11.3 Å². The van der Waals surface area contributed by atoms with Crippen LogP contribution in [-0.4, -0.2) is 36.7 Å². The molecule has 3 aromatic rings. The lowest BCUT2D eigenvalue weighted by atomic mass is 10.2. The van der Waals surface area contributed by atoms with Gasteiger partial charge in [-0.2, -0.15) is 4.31 Å². The Kier molecular flexibility index (Phi) is 6.61. The van der Waals surface area contributed by atoms with E-state index in [2.05, 4.69) is 10.3 Å². The SMILES string of the molecule is CCCN(CCC)S(=O)(=O)c1ccc2nc(NC(=O)c3cccc(F)c3)sc2c1. The number of carbonyl (C=O) groups excluding carboxylic acids is 1. The normalized spacial score (nSPS) is 11.9. The summed E-state index contributed by atoms with van der Waals surface area (Å²) in [5.74, 6) is -0.978. The Bertz CT molecular complexity index is 1120. The van der Waals surface area contributed by atoms with Crippen LogP contribution in [-0.2, 0) is 10.0 Å². The molecule has 0 bridgehead atoms. The second-order valence-corrected chi connectivity index (χ2v) is 9.49. The second-order valence-electron chi connectivity index (χ2n) is 6.52. The lowest BCUT2D eigenvalue weighted by molar-refractivity contribution is 0.102. The van der Waals surface area contributed by atoms with E-state index < -0.39 is 21.7 Å². The Hall–Kier alpha value is -2.36. The van der Waals surface area contributed by atoms with E-state index in [0.29, 0.717) is 28.4 Å². The Morgan fingerprint density at radius 1 is 1.14 bits per heavy atom. The van der Waals surface area contributed by atoms with E-state index in [9.17, 15) is 17.6 Å². The van der Waals surface area contributed by atoms with E-state index in [4.69, 9.17) is 0 Å². The number of thiazole rings is 1. The first-order chi connectivity index (χ1) is 13.8. The van der Waals surface area contributed by atoms with Gasteiger partial charge >= 0.3 is 0 Å². The maximum atomic E-state index is 13.3. The van der Waals surface area contributed by atoms with Crippen molar-refractivity contribution < 1.29 is 17.6 Å². The van der Waals surface area contributed by atoms with Crippen molar-refractivity contribution in [3.05, 3.63) is 53.8 Å². The van der Waals surface area contributed by atoms with Gasteiger partial charge in [-0.1, -0.05) is 31.3 Å². The lowest BCUT2D eigenvalue weighted by Crippen LogP contribution is -2.32. The van der Waals surface area contributed by atoms with Gasteiger partial charge in [-0.05, 0) is 49.2 Å². The van der Waals surface area contributed by atoms with Crippen LogP contribution in [0.2, 0.25) is 0 Å². The largest absolute Gasteiger partial charge is 0.298 e. The van der Waals surface area contributed by atoms with Gasteiger partial charge in [-0.15, -0.1) is 0 Å². The average molecular weight is 436 g/mol. The third-order valence-electron chi connectivity index (χ3n) is 4.25. The van der Waals surface area contributed by atoms with Gasteiger partial charge in [0.1, 0.15) is 5.82 Å². The predicted molar refractivity (Wildman–Crippen MR) is 113 cm³/mol. The zero-order valence-corrected chi connectivity index (χ0v) is 17.8. The van der Waals surface area contributed by atoms with Crippen molar-refractivity contribution in [3.8, 4) is 0 Å². The predicted octanol–water partition coefficient (Wildman–Crippen LogP) is 4.50. The summed E-state index contributed by atoms with van der Waals surface area (Å²) in [4.78, 5) is 16.8. The minimum atomic E-state index is -3.60. The van der Waals surface area contributed by atoms with Crippen molar-refractivity contribution in [2.24, 2.45) is 0 Å². The van der Waals surface area contributed by atoms with Crippen molar-refractivity contribution in [3.63, 3.8) is 0 Å². The number of sulfonamides is 1. The summed E-state index contributed by atoms with van der Waals surface area (Å²) in [6.45, 7) is 4.81. The third-order valence-corrected chi connectivity index (χ3v) is 7.08. The van der Waals surface area contributed by atoms with E-state index in [-0.39, 0.29) is 10.5 Å². The van der Waals surface area contributed by atoms with Gasteiger partial charge in [0.15, 0.2) is 5.13 Å². The van der Waals surface area contributed by atoms with Gasteiger partial charge in [0.05, 0.1) is 15.1 Å². The lowest BCUT2D eigenvalue weighted by Gasteiger charge is -2.20. The maximum Gasteiger partial charge on any atom is 0.257 e. The minimum absolute atomic E-state index is 0.183. The number of carbonyl (C=O) groups is 1.